The van der Waals surface area contributed by atoms with Gasteiger partial charge < -0.3 is 19.5 Å². The van der Waals surface area contributed by atoms with Crippen LogP contribution in [-0.4, -0.2) is 52.5 Å². The lowest BCUT2D eigenvalue weighted by Crippen LogP contribution is -2.45. The van der Waals surface area contributed by atoms with Gasteiger partial charge in [-0.05, 0) is 70.3 Å². The number of carbonyl (C=O) groups is 1. The van der Waals surface area contributed by atoms with Gasteiger partial charge in [0.25, 0.3) is 5.91 Å². The number of anilines is 1. The van der Waals surface area contributed by atoms with E-state index in [-0.39, 0.29) is 23.9 Å². The molecule has 0 bridgehead atoms. The fraction of sp³-hybridized carbons (Fsp3) is 0.444. The topological polar surface area (TPSA) is 74.5 Å². The van der Waals surface area contributed by atoms with E-state index in [0.29, 0.717) is 18.3 Å². The average Bonchev–Trinajstić information content (AvgIpc) is 3.37. The summed E-state index contributed by atoms with van der Waals surface area (Å²) in [6, 6.07) is 9.10. The normalized spacial score (nSPS) is 16.0. The van der Waals surface area contributed by atoms with Crippen LogP contribution in [0, 0.1) is 6.92 Å². The quantitative estimate of drug-likeness (QED) is 0.511. The number of nitrogens with zero attached hydrogens (tertiary/aromatic N) is 4. The molecule has 0 spiro atoms. The van der Waals surface area contributed by atoms with Crippen molar-refractivity contribution in [1.82, 2.24) is 20.2 Å². The standard InChI is InChI=1S/C27H35N5O2.ClH/c1-19-13-20(23-10-11-29-14-25(23)31-12-6-7-22(16-31)28-5)8-9-21(19)15-32(27(2,3)4)26(33)24-17-34-18-30-24;/h8-11,13-14,17-18,22,28H,6-7,12,15-16H2,1-5H3;1H. The van der Waals surface area contributed by atoms with Crippen LogP contribution in [0.3, 0.4) is 0 Å². The number of likely N-dealkylation sites (N-methyl/N-ethyl adjacent to an activating group) is 1. The molecule has 2 aromatic heterocycles. The number of rotatable bonds is 6. The number of hydrogen-bond donors (Lipinski definition) is 1. The van der Waals surface area contributed by atoms with Crippen molar-refractivity contribution in [2.45, 2.75) is 58.7 Å². The van der Waals surface area contributed by atoms with Gasteiger partial charge in [0.1, 0.15) is 6.26 Å². The Kier molecular flexibility index (Phi) is 8.56. The molecule has 0 saturated carbocycles. The number of aryl methyl sites for hydroxylation is 1. The molecule has 1 N–H and O–H groups in total. The largest absolute Gasteiger partial charge is 0.451 e. The van der Waals surface area contributed by atoms with Gasteiger partial charge in [-0.25, -0.2) is 4.98 Å². The molecule has 0 radical (unpaired) electrons. The summed E-state index contributed by atoms with van der Waals surface area (Å²) in [5.41, 5.74) is 5.74. The molecule has 35 heavy (non-hydrogen) atoms. The molecule has 1 saturated heterocycles. The summed E-state index contributed by atoms with van der Waals surface area (Å²) in [7, 11) is 2.04. The molecule has 1 aliphatic heterocycles. The van der Waals surface area contributed by atoms with Gasteiger partial charge in [-0.2, -0.15) is 0 Å². The number of hydrogen-bond acceptors (Lipinski definition) is 6. The Morgan fingerprint density at radius 1 is 1.29 bits per heavy atom. The summed E-state index contributed by atoms with van der Waals surface area (Å²) in [6.07, 6.45) is 8.91. The second-order valence-electron chi connectivity index (χ2n) is 10.0. The fourth-order valence-electron chi connectivity index (χ4n) is 4.59. The number of nitrogens with one attached hydrogen (secondary N) is 1. The third kappa shape index (κ3) is 6.03. The number of halogens is 1. The third-order valence-electron chi connectivity index (χ3n) is 6.66. The smallest absolute Gasteiger partial charge is 0.276 e. The Balaban J connectivity index is 0.00000342. The number of aromatic nitrogens is 2. The molecule has 4 rings (SSSR count). The molecule has 3 aromatic rings. The van der Waals surface area contributed by atoms with Crippen LogP contribution in [0.1, 0.15) is 55.2 Å². The van der Waals surface area contributed by atoms with Gasteiger partial charge in [0.2, 0.25) is 0 Å². The molecule has 1 fully saturated rings. The minimum absolute atomic E-state index is 0. The summed E-state index contributed by atoms with van der Waals surface area (Å²) in [5.74, 6) is -0.134. The molecule has 8 heteroatoms. The van der Waals surface area contributed by atoms with Crippen molar-refractivity contribution in [1.29, 1.82) is 0 Å². The first kappa shape index (κ1) is 26.7. The molecule has 1 atom stereocenters. The van der Waals surface area contributed by atoms with Crippen molar-refractivity contribution in [3.63, 3.8) is 0 Å². The van der Waals surface area contributed by atoms with Crippen molar-refractivity contribution in [3.05, 3.63) is 66.1 Å². The first-order valence-electron chi connectivity index (χ1n) is 11.9. The number of piperidine rings is 1. The van der Waals surface area contributed by atoms with Crippen LogP contribution in [0.4, 0.5) is 5.69 Å². The summed E-state index contributed by atoms with van der Waals surface area (Å²) in [6.45, 7) is 10.7. The molecule has 7 nitrogen and oxygen atoms in total. The van der Waals surface area contributed by atoms with Crippen molar-refractivity contribution < 1.29 is 9.21 Å². The first-order valence-corrected chi connectivity index (χ1v) is 11.9. The predicted molar refractivity (Wildman–Crippen MR) is 142 cm³/mol. The van der Waals surface area contributed by atoms with Gasteiger partial charge in [-0.3, -0.25) is 9.78 Å². The summed E-state index contributed by atoms with van der Waals surface area (Å²) in [4.78, 5) is 25.9. The Morgan fingerprint density at radius 2 is 2.09 bits per heavy atom. The monoisotopic (exact) mass is 497 g/mol. The molecule has 0 aliphatic carbocycles. The summed E-state index contributed by atoms with van der Waals surface area (Å²) in [5, 5.41) is 3.42. The molecule has 188 valence electrons. The molecule has 1 unspecified atom stereocenters. The van der Waals surface area contributed by atoms with E-state index in [1.165, 1.54) is 36.7 Å². The third-order valence-corrected chi connectivity index (χ3v) is 6.66. The molecule has 3 heterocycles. The van der Waals surface area contributed by atoms with E-state index in [4.69, 9.17) is 4.42 Å². The van der Waals surface area contributed by atoms with E-state index in [1.54, 1.807) is 0 Å². The number of benzene rings is 1. The lowest BCUT2D eigenvalue weighted by molar-refractivity contribution is 0.0552. The van der Waals surface area contributed by atoms with E-state index in [0.717, 1.165) is 29.8 Å². The van der Waals surface area contributed by atoms with Crippen LogP contribution in [-0.2, 0) is 6.54 Å². The maximum absolute atomic E-state index is 13.1. The molecule has 1 amide bonds. The van der Waals surface area contributed by atoms with Crippen LogP contribution < -0.4 is 10.2 Å². The van der Waals surface area contributed by atoms with Gasteiger partial charge in [-0.1, -0.05) is 18.2 Å². The number of carbonyl (C=O) groups excluding carboxylic acids is 1. The van der Waals surface area contributed by atoms with Crippen molar-refractivity contribution >= 4 is 24.0 Å². The van der Waals surface area contributed by atoms with E-state index in [2.05, 4.69) is 51.4 Å². The average molecular weight is 498 g/mol. The van der Waals surface area contributed by atoms with Gasteiger partial charge >= 0.3 is 0 Å². The van der Waals surface area contributed by atoms with E-state index in [9.17, 15) is 4.79 Å². The number of amides is 1. The highest BCUT2D eigenvalue weighted by Crippen LogP contribution is 2.33. The maximum Gasteiger partial charge on any atom is 0.276 e. The summed E-state index contributed by atoms with van der Waals surface area (Å²) < 4.78 is 5.04. The highest BCUT2D eigenvalue weighted by Gasteiger charge is 2.29. The van der Waals surface area contributed by atoms with Gasteiger partial charge in [0, 0.05) is 43.0 Å². The van der Waals surface area contributed by atoms with Crippen molar-refractivity contribution in [2.75, 3.05) is 25.0 Å². The second-order valence-corrected chi connectivity index (χ2v) is 10.0. The van der Waals surface area contributed by atoms with Crippen molar-refractivity contribution in [3.8, 4) is 11.1 Å². The second kappa shape index (κ2) is 11.2. The SMILES string of the molecule is CNC1CCCN(c2cnccc2-c2ccc(CN(C(=O)c3cocn3)C(C)(C)C)c(C)c2)C1.Cl. The van der Waals surface area contributed by atoms with Crippen LogP contribution in [0.5, 0.6) is 0 Å². The fourth-order valence-corrected chi connectivity index (χ4v) is 4.59. The zero-order chi connectivity index (χ0) is 24.3. The van der Waals surface area contributed by atoms with E-state index >= 15 is 0 Å². The Hall–Kier alpha value is -2.90. The highest BCUT2D eigenvalue weighted by atomic mass is 35.5. The Labute approximate surface area is 214 Å². The van der Waals surface area contributed by atoms with Gasteiger partial charge in [0.05, 0.1) is 11.9 Å². The molecule has 1 aromatic carbocycles. The molecular weight excluding hydrogens is 462 g/mol. The lowest BCUT2D eigenvalue weighted by atomic mass is 9.96. The Morgan fingerprint density at radius 3 is 2.74 bits per heavy atom. The van der Waals surface area contributed by atoms with Crippen LogP contribution in [0.25, 0.3) is 11.1 Å². The van der Waals surface area contributed by atoms with Gasteiger partial charge in [0.15, 0.2) is 12.1 Å². The van der Waals surface area contributed by atoms with Crippen LogP contribution >= 0.6 is 12.4 Å². The van der Waals surface area contributed by atoms with E-state index < -0.39 is 0 Å². The molecule has 1 aliphatic rings. The van der Waals surface area contributed by atoms with Crippen LogP contribution in [0.2, 0.25) is 0 Å². The minimum atomic E-state index is -0.364. The number of pyridine rings is 1. The summed E-state index contributed by atoms with van der Waals surface area (Å²) >= 11 is 0. The predicted octanol–water partition coefficient (Wildman–Crippen LogP) is 5.10. The lowest BCUT2D eigenvalue weighted by Gasteiger charge is -2.36. The van der Waals surface area contributed by atoms with E-state index in [1.807, 2.05) is 45.1 Å². The first-order chi connectivity index (χ1) is 16.3. The Bertz CT molecular complexity index is 1130. The zero-order valence-corrected chi connectivity index (χ0v) is 22.1. The number of oxazole rings is 1. The minimum Gasteiger partial charge on any atom is -0.451 e. The zero-order valence-electron chi connectivity index (χ0n) is 21.2. The maximum atomic E-state index is 13.1. The van der Waals surface area contributed by atoms with Crippen LogP contribution in [0.15, 0.2) is 53.7 Å². The van der Waals surface area contributed by atoms with Crippen molar-refractivity contribution in [2.24, 2.45) is 0 Å². The van der Waals surface area contributed by atoms with Gasteiger partial charge in [-0.15, -0.1) is 12.4 Å². The molecular formula is C27H36ClN5O2. The highest BCUT2D eigenvalue weighted by molar-refractivity contribution is 5.92.